The maximum atomic E-state index is 11.7. The van der Waals surface area contributed by atoms with Crippen LogP contribution in [0.5, 0.6) is 5.75 Å². The summed E-state index contributed by atoms with van der Waals surface area (Å²) in [6, 6.07) is 10.8. The van der Waals surface area contributed by atoms with Crippen molar-refractivity contribution in [2.24, 2.45) is 5.16 Å². The Hall–Kier alpha value is -2.36. The summed E-state index contributed by atoms with van der Waals surface area (Å²) in [4.78, 5) is 11.7. The molecule has 2 aromatic carbocycles. The number of ether oxygens (including phenoxy) is 1. The quantitative estimate of drug-likeness (QED) is 0.380. The van der Waals surface area contributed by atoms with Gasteiger partial charge in [-0.25, -0.2) is 0 Å². The molecule has 0 unspecified atom stereocenters. The molecule has 4 nitrogen and oxygen atoms in total. The zero-order valence-electron chi connectivity index (χ0n) is 9.25. The number of carbonyl (C=O) groups is 1. The summed E-state index contributed by atoms with van der Waals surface area (Å²) in [5.74, 6) is 0.365. The highest BCUT2D eigenvalue weighted by molar-refractivity contribution is 6.38. The van der Waals surface area contributed by atoms with Gasteiger partial charge in [-0.05, 0) is 17.5 Å². The van der Waals surface area contributed by atoms with E-state index < -0.39 is 0 Å². The van der Waals surface area contributed by atoms with Crippen LogP contribution >= 0.6 is 0 Å². The van der Waals surface area contributed by atoms with E-state index in [0.717, 1.165) is 17.0 Å². The minimum absolute atomic E-state index is 0.341. The van der Waals surface area contributed by atoms with Crippen LogP contribution in [0.15, 0.2) is 41.6 Å². The fourth-order valence-electron chi connectivity index (χ4n) is 1.79. The van der Waals surface area contributed by atoms with Crippen molar-refractivity contribution >= 4 is 22.8 Å². The molecule has 86 valence electrons. The Labute approximate surface area is 98.1 Å². The third kappa shape index (κ3) is 1.97. The lowest BCUT2D eigenvalue weighted by atomic mass is 10.0. The maximum Gasteiger partial charge on any atom is 0.207 e. The highest BCUT2D eigenvalue weighted by Crippen LogP contribution is 2.28. The van der Waals surface area contributed by atoms with Crippen LogP contribution in [-0.4, -0.2) is 24.3 Å². The number of methoxy groups -OCH3 is 1. The number of fused-ring (bicyclic) bond motifs is 1. The normalized spacial score (nSPS) is 10.9. The van der Waals surface area contributed by atoms with Gasteiger partial charge in [-0.15, -0.1) is 0 Å². The van der Waals surface area contributed by atoms with Crippen molar-refractivity contribution in [3.05, 3.63) is 42.0 Å². The average Bonchev–Trinajstić information content (AvgIpc) is 2.37. The van der Waals surface area contributed by atoms with Crippen molar-refractivity contribution in [3.63, 3.8) is 0 Å². The number of ketones is 1. The molecule has 0 spiro atoms. The van der Waals surface area contributed by atoms with Gasteiger partial charge in [0.05, 0.1) is 7.11 Å². The smallest absolute Gasteiger partial charge is 0.207 e. The van der Waals surface area contributed by atoms with Crippen molar-refractivity contribution in [2.45, 2.75) is 0 Å². The Morgan fingerprint density at radius 1 is 1.24 bits per heavy atom. The molecule has 0 saturated heterocycles. The van der Waals surface area contributed by atoms with Crippen molar-refractivity contribution in [1.82, 2.24) is 0 Å². The molecule has 0 fully saturated rings. The van der Waals surface area contributed by atoms with E-state index in [2.05, 4.69) is 5.16 Å². The monoisotopic (exact) mass is 229 g/mol. The first kappa shape index (κ1) is 11.1. The van der Waals surface area contributed by atoms with Gasteiger partial charge in [0.25, 0.3) is 0 Å². The Kier molecular flexibility index (Phi) is 3.05. The Balaban J connectivity index is 2.70. The molecule has 0 aliphatic heterocycles. The van der Waals surface area contributed by atoms with Crippen molar-refractivity contribution in [3.8, 4) is 5.75 Å². The number of Topliss-reactive ketones (excluding diaryl/α,β-unsaturated/α-hetero) is 1. The van der Waals surface area contributed by atoms with E-state index in [1.807, 2.05) is 24.3 Å². The number of rotatable bonds is 3. The highest BCUT2D eigenvalue weighted by atomic mass is 16.5. The number of oxime groups is 1. The molecule has 1 N–H and O–H groups in total. The van der Waals surface area contributed by atoms with Crippen molar-refractivity contribution < 1.29 is 14.7 Å². The lowest BCUT2D eigenvalue weighted by molar-refractivity contribution is 0.106. The molecular weight excluding hydrogens is 218 g/mol. The Morgan fingerprint density at radius 3 is 2.59 bits per heavy atom. The van der Waals surface area contributed by atoms with E-state index in [-0.39, 0.29) is 5.78 Å². The van der Waals surface area contributed by atoms with Gasteiger partial charge in [-0.2, -0.15) is 0 Å². The first-order valence-corrected chi connectivity index (χ1v) is 5.05. The summed E-state index contributed by atoms with van der Waals surface area (Å²) in [7, 11) is 1.58. The van der Waals surface area contributed by atoms with Crippen LogP contribution in [0.4, 0.5) is 0 Å². The van der Waals surface area contributed by atoms with Crippen molar-refractivity contribution in [1.29, 1.82) is 0 Å². The molecule has 4 heteroatoms. The molecule has 0 aliphatic rings. The van der Waals surface area contributed by atoms with E-state index >= 15 is 0 Å². The number of benzene rings is 2. The van der Waals surface area contributed by atoms with Crippen molar-refractivity contribution in [2.75, 3.05) is 7.11 Å². The molecule has 0 bridgehead atoms. The number of carbonyl (C=O) groups excluding carboxylic acids is 1. The molecule has 2 rings (SSSR count). The van der Waals surface area contributed by atoms with Crippen LogP contribution in [-0.2, 0) is 0 Å². The van der Waals surface area contributed by atoms with E-state index in [0.29, 0.717) is 11.3 Å². The van der Waals surface area contributed by atoms with E-state index in [1.165, 1.54) is 0 Å². The third-order valence-corrected chi connectivity index (χ3v) is 2.54. The summed E-state index contributed by atoms with van der Waals surface area (Å²) in [6.45, 7) is 0. The molecule has 0 amide bonds. The largest absolute Gasteiger partial charge is 0.496 e. The average molecular weight is 229 g/mol. The van der Waals surface area contributed by atoms with Gasteiger partial charge in [0, 0.05) is 10.9 Å². The summed E-state index contributed by atoms with van der Waals surface area (Å²) in [5, 5.41) is 12.8. The summed E-state index contributed by atoms with van der Waals surface area (Å²) < 4.78 is 5.23. The van der Waals surface area contributed by atoms with E-state index in [4.69, 9.17) is 9.94 Å². The number of nitrogens with zero attached hydrogens (tertiary/aromatic N) is 1. The van der Waals surface area contributed by atoms with Crippen LogP contribution in [0.25, 0.3) is 10.8 Å². The second-order valence-corrected chi connectivity index (χ2v) is 3.47. The second-order valence-electron chi connectivity index (χ2n) is 3.47. The second kappa shape index (κ2) is 4.65. The van der Waals surface area contributed by atoms with Gasteiger partial charge in [0.2, 0.25) is 5.78 Å². The van der Waals surface area contributed by atoms with Gasteiger partial charge in [0.15, 0.2) is 0 Å². The minimum atomic E-state index is -0.341. The highest BCUT2D eigenvalue weighted by Gasteiger charge is 2.10. The first-order valence-electron chi connectivity index (χ1n) is 5.05. The van der Waals surface area contributed by atoms with Gasteiger partial charge in [-0.3, -0.25) is 4.79 Å². The summed E-state index contributed by atoms with van der Waals surface area (Å²) >= 11 is 0. The Morgan fingerprint density at radius 2 is 1.94 bits per heavy atom. The summed E-state index contributed by atoms with van der Waals surface area (Å²) in [6.07, 6.45) is 0.883. The molecule has 2 aromatic rings. The fraction of sp³-hybridized carbons (Fsp3) is 0.0769. The predicted molar refractivity (Wildman–Crippen MR) is 65.1 cm³/mol. The summed E-state index contributed by atoms with van der Waals surface area (Å²) in [5.41, 5.74) is 0.485. The predicted octanol–water partition coefficient (Wildman–Crippen LogP) is 2.49. The van der Waals surface area contributed by atoms with Crippen LogP contribution in [0.3, 0.4) is 0 Å². The topological polar surface area (TPSA) is 58.9 Å². The standard InChI is InChI=1S/C13H11NO3/c1-17-13-7-6-10(12(15)8-14-16)9-4-2-3-5-11(9)13/h2-8,16H,1H3. The van der Waals surface area contributed by atoms with Gasteiger partial charge >= 0.3 is 0 Å². The lowest BCUT2D eigenvalue weighted by Crippen LogP contribution is -2.01. The zero-order valence-corrected chi connectivity index (χ0v) is 9.25. The van der Waals surface area contributed by atoms with Crippen LogP contribution in [0.1, 0.15) is 10.4 Å². The first-order chi connectivity index (χ1) is 8.27. The number of hydrogen-bond acceptors (Lipinski definition) is 4. The zero-order chi connectivity index (χ0) is 12.3. The maximum absolute atomic E-state index is 11.7. The molecule has 0 atom stereocenters. The Bertz CT molecular complexity index is 590. The number of hydrogen-bond donors (Lipinski definition) is 1. The van der Waals surface area contributed by atoms with Crippen LogP contribution in [0.2, 0.25) is 0 Å². The fourth-order valence-corrected chi connectivity index (χ4v) is 1.79. The van der Waals surface area contributed by atoms with Gasteiger partial charge in [0.1, 0.15) is 12.0 Å². The lowest BCUT2D eigenvalue weighted by Gasteiger charge is -2.07. The van der Waals surface area contributed by atoms with Gasteiger partial charge in [-0.1, -0.05) is 29.4 Å². The molecule has 0 radical (unpaired) electrons. The molecule has 0 heterocycles. The SMILES string of the molecule is COc1ccc(C(=O)C=NO)c2ccccc12. The molecule has 0 aliphatic carbocycles. The molecule has 0 saturated carbocycles. The van der Waals surface area contributed by atoms with Gasteiger partial charge < -0.3 is 9.94 Å². The molecule has 0 aromatic heterocycles. The van der Waals surface area contributed by atoms with E-state index in [1.54, 1.807) is 19.2 Å². The molecule has 17 heavy (non-hydrogen) atoms. The third-order valence-electron chi connectivity index (χ3n) is 2.54. The van der Waals surface area contributed by atoms with Crippen LogP contribution < -0.4 is 4.74 Å². The van der Waals surface area contributed by atoms with Crippen LogP contribution in [0, 0.1) is 0 Å². The molecular formula is C13H11NO3. The van der Waals surface area contributed by atoms with E-state index in [9.17, 15) is 4.79 Å². The minimum Gasteiger partial charge on any atom is -0.496 e.